The van der Waals surface area contributed by atoms with Gasteiger partial charge in [0.1, 0.15) is 5.82 Å². The van der Waals surface area contributed by atoms with E-state index in [4.69, 9.17) is 0 Å². The molecule has 3 nitrogen and oxygen atoms in total. The molecule has 0 aliphatic heterocycles. The molecule has 3 aromatic rings. The number of nitrogens with zero attached hydrogens (tertiary/aromatic N) is 1. The highest BCUT2D eigenvalue weighted by Crippen LogP contribution is 2.25. The van der Waals surface area contributed by atoms with Gasteiger partial charge < -0.3 is 4.98 Å². The van der Waals surface area contributed by atoms with Crippen molar-refractivity contribution in [1.82, 2.24) is 9.97 Å². The second kappa shape index (κ2) is 4.97. The average Bonchev–Trinajstić information content (AvgIpc) is 2.46. The van der Waals surface area contributed by atoms with Gasteiger partial charge in [0.05, 0.1) is 0 Å². The number of rotatable bonds is 2. The number of H-pyrrole nitrogens is 1. The topological polar surface area (TPSA) is 45.8 Å². The molecule has 0 saturated carbocycles. The summed E-state index contributed by atoms with van der Waals surface area (Å²) in [5, 5.41) is 2.72. The number of hydrogen-bond donors (Lipinski definition) is 1. The number of nitrogens with one attached hydrogen (secondary N) is 1. The van der Waals surface area contributed by atoms with Crippen molar-refractivity contribution in [3.8, 4) is 11.4 Å². The van der Waals surface area contributed by atoms with Crippen LogP contribution in [0.2, 0.25) is 0 Å². The van der Waals surface area contributed by atoms with Gasteiger partial charge in [0, 0.05) is 22.7 Å². The Hall–Kier alpha value is -1.94. The number of hydrogen-bond acceptors (Lipinski definition) is 2. The predicted octanol–water partition coefficient (Wildman–Crippen LogP) is 3.49. The minimum atomic E-state index is -0.102. The molecule has 0 aliphatic carbocycles. The van der Waals surface area contributed by atoms with Crippen LogP contribution in [-0.2, 0) is 5.33 Å². The molecule has 94 valence electrons. The zero-order chi connectivity index (χ0) is 13.2. The van der Waals surface area contributed by atoms with Crippen molar-refractivity contribution in [3.05, 3.63) is 64.6 Å². The quantitative estimate of drug-likeness (QED) is 0.736. The van der Waals surface area contributed by atoms with Gasteiger partial charge in [0.15, 0.2) is 0 Å². The fourth-order valence-corrected chi connectivity index (χ4v) is 2.48. The number of benzene rings is 2. The van der Waals surface area contributed by atoms with Crippen molar-refractivity contribution in [2.24, 2.45) is 0 Å². The smallest absolute Gasteiger partial charge is 0.255 e. The molecule has 0 saturated heterocycles. The minimum Gasteiger partial charge on any atom is -0.306 e. The van der Waals surface area contributed by atoms with Crippen LogP contribution in [0.5, 0.6) is 0 Å². The molecule has 4 heteroatoms. The molecule has 0 aliphatic rings. The fraction of sp³-hybridized carbons (Fsp3) is 0.0667. The summed E-state index contributed by atoms with van der Waals surface area (Å²) in [4.78, 5) is 19.0. The van der Waals surface area contributed by atoms with Crippen LogP contribution >= 0.6 is 15.9 Å². The number of halogens is 1. The van der Waals surface area contributed by atoms with E-state index < -0.39 is 0 Å². The molecule has 0 atom stereocenters. The van der Waals surface area contributed by atoms with Crippen LogP contribution in [0.1, 0.15) is 5.56 Å². The van der Waals surface area contributed by atoms with E-state index >= 15 is 0 Å². The van der Waals surface area contributed by atoms with Crippen molar-refractivity contribution >= 4 is 26.7 Å². The van der Waals surface area contributed by atoms with E-state index in [1.54, 1.807) is 6.20 Å². The van der Waals surface area contributed by atoms with E-state index in [2.05, 4.69) is 25.9 Å². The summed E-state index contributed by atoms with van der Waals surface area (Å²) >= 11 is 3.27. The Bertz CT molecular complexity index is 790. The first-order valence-corrected chi connectivity index (χ1v) is 7.04. The van der Waals surface area contributed by atoms with E-state index in [0.717, 1.165) is 16.3 Å². The molecule has 1 N–H and O–H groups in total. The Morgan fingerprint density at radius 2 is 1.89 bits per heavy atom. The molecule has 0 bridgehead atoms. The van der Waals surface area contributed by atoms with Crippen molar-refractivity contribution < 1.29 is 0 Å². The monoisotopic (exact) mass is 314 g/mol. The van der Waals surface area contributed by atoms with Crippen LogP contribution in [0, 0.1) is 0 Å². The lowest BCUT2D eigenvalue weighted by atomic mass is 10.0. The third-order valence-electron chi connectivity index (χ3n) is 3.06. The zero-order valence-electron chi connectivity index (χ0n) is 10.1. The van der Waals surface area contributed by atoms with E-state index in [9.17, 15) is 4.79 Å². The third kappa shape index (κ3) is 2.19. The van der Waals surface area contributed by atoms with Gasteiger partial charge in [0.2, 0.25) is 0 Å². The SMILES string of the molecule is O=c1[nH]c(-c2cccc3ccccc23)ncc1CBr. The summed E-state index contributed by atoms with van der Waals surface area (Å²) in [6, 6.07) is 14.0. The number of alkyl halides is 1. The van der Waals surface area contributed by atoms with Crippen LogP contribution < -0.4 is 5.56 Å². The van der Waals surface area contributed by atoms with Gasteiger partial charge in [-0.05, 0) is 10.8 Å². The summed E-state index contributed by atoms with van der Waals surface area (Å²) in [7, 11) is 0. The normalized spacial score (nSPS) is 10.8. The summed E-state index contributed by atoms with van der Waals surface area (Å²) in [6.07, 6.45) is 1.62. The van der Waals surface area contributed by atoms with Gasteiger partial charge in [-0.2, -0.15) is 0 Å². The first-order valence-electron chi connectivity index (χ1n) is 5.92. The Morgan fingerprint density at radius 1 is 1.11 bits per heavy atom. The molecule has 1 aromatic heterocycles. The molecule has 2 aromatic carbocycles. The van der Waals surface area contributed by atoms with E-state index in [0.29, 0.717) is 16.7 Å². The molecule has 3 rings (SSSR count). The predicted molar refractivity (Wildman–Crippen MR) is 80.4 cm³/mol. The minimum absolute atomic E-state index is 0.102. The summed E-state index contributed by atoms with van der Waals surface area (Å²) < 4.78 is 0. The van der Waals surface area contributed by atoms with Gasteiger partial charge in [0.25, 0.3) is 5.56 Å². The van der Waals surface area contributed by atoms with Gasteiger partial charge in [-0.1, -0.05) is 58.4 Å². The van der Waals surface area contributed by atoms with E-state index in [1.165, 1.54) is 0 Å². The first-order chi connectivity index (χ1) is 9.29. The Kier molecular flexibility index (Phi) is 3.17. The van der Waals surface area contributed by atoms with E-state index in [-0.39, 0.29) is 5.56 Å². The molecule has 0 amide bonds. The standard InChI is InChI=1S/C15H11BrN2O/c16-8-11-9-17-14(18-15(11)19)13-7-3-5-10-4-1-2-6-12(10)13/h1-7,9H,8H2,(H,17,18,19). The van der Waals surface area contributed by atoms with Crippen LogP contribution in [0.4, 0.5) is 0 Å². The Morgan fingerprint density at radius 3 is 2.68 bits per heavy atom. The highest BCUT2D eigenvalue weighted by Gasteiger charge is 2.07. The van der Waals surface area contributed by atoms with Crippen LogP contribution in [0.3, 0.4) is 0 Å². The molecule has 0 radical (unpaired) electrons. The fourth-order valence-electron chi connectivity index (χ4n) is 2.09. The molecular weight excluding hydrogens is 304 g/mol. The Labute approximate surface area is 118 Å². The maximum absolute atomic E-state index is 11.9. The van der Waals surface area contributed by atoms with Crippen LogP contribution in [0.15, 0.2) is 53.5 Å². The van der Waals surface area contributed by atoms with Gasteiger partial charge in [-0.15, -0.1) is 0 Å². The second-order valence-corrected chi connectivity index (χ2v) is 4.81. The van der Waals surface area contributed by atoms with Gasteiger partial charge in [-0.25, -0.2) is 4.98 Å². The van der Waals surface area contributed by atoms with Crippen molar-refractivity contribution in [2.75, 3.05) is 0 Å². The van der Waals surface area contributed by atoms with Crippen molar-refractivity contribution in [2.45, 2.75) is 5.33 Å². The van der Waals surface area contributed by atoms with E-state index in [1.807, 2.05) is 42.5 Å². The molecule has 0 fully saturated rings. The highest BCUT2D eigenvalue weighted by molar-refractivity contribution is 9.08. The van der Waals surface area contributed by atoms with Gasteiger partial charge >= 0.3 is 0 Å². The summed E-state index contributed by atoms with van der Waals surface area (Å²) in [5.74, 6) is 0.603. The van der Waals surface area contributed by atoms with Gasteiger partial charge in [-0.3, -0.25) is 4.79 Å². The molecule has 0 spiro atoms. The van der Waals surface area contributed by atoms with Crippen molar-refractivity contribution in [1.29, 1.82) is 0 Å². The largest absolute Gasteiger partial charge is 0.306 e. The van der Waals surface area contributed by atoms with Crippen LogP contribution in [-0.4, -0.2) is 9.97 Å². The molecular formula is C15H11BrN2O. The lowest BCUT2D eigenvalue weighted by molar-refractivity contribution is 1.08. The maximum Gasteiger partial charge on any atom is 0.255 e. The number of aromatic nitrogens is 2. The third-order valence-corrected chi connectivity index (χ3v) is 3.67. The second-order valence-electron chi connectivity index (χ2n) is 4.25. The Balaban J connectivity index is 2.25. The average molecular weight is 315 g/mol. The highest BCUT2D eigenvalue weighted by atomic mass is 79.9. The first kappa shape index (κ1) is 12.1. The zero-order valence-corrected chi connectivity index (χ0v) is 11.6. The number of aromatic amines is 1. The molecule has 0 unspecified atom stereocenters. The summed E-state index contributed by atoms with van der Waals surface area (Å²) in [6.45, 7) is 0. The summed E-state index contributed by atoms with van der Waals surface area (Å²) in [5.41, 5.74) is 1.47. The lowest BCUT2D eigenvalue weighted by Crippen LogP contribution is -2.13. The molecule has 19 heavy (non-hydrogen) atoms. The molecule has 1 heterocycles. The number of fused-ring (bicyclic) bond motifs is 1. The maximum atomic E-state index is 11.9. The van der Waals surface area contributed by atoms with Crippen LogP contribution in [0.25, 0.3) is 22.2 Å². The lowest BCUT2D eigenvalue weighted by Gasteiger charge is -2.06. The van der Waals surface area contributed by atoms with Crippen molar-refractivity contribution in [3.63, 3.8) is 0 Å².